The van der Waals surface area contributed by atoms with Crippen LogP contribution in [0.5, 0.6) is 0 Å². The summed E-state index contributed by atoms with van der Waals surface area (Å²) in [5.74, 6) is -2.35. The van der Waals surface area contributed by atoms with Crippen molar-refractivity contribution >= 4 is 11.9 Å². The highest BCUT2D eigenvalue weighted by Crippen LogP contribution is 2.63. The van der Waals surface area contributed by atoms with Crippen molar-refractivity contribution in [1.82, 2.24) is 0 Å². The van der Waals surface area contributed by atoms with Crippen LogP contribution in [0.25, 0.3) is 0 Å². The fourth-order valence-corrected chi connectivity index (χ4v) is 11.9. The second-order valence-electron chi connectivity index (χ2n) is 18.1. The SMILES string of the molecule is C[C@H]1[C@@H](CC(O)(COC(=O)CCC(=O)O)C[C@H]2O[C@@H]3O[C@]4(C)CC[C@H]5[C@H](C)CC[C@@H]([C@H]2C)[C@@]35OO4)O[C@@H]2O[C@]3(C)CC[C@H]4[C@H](C)CC[C@@H]1[C@@]24OO3. The monoisotopic (exact) mass is 722 g/mol. The molecule has 13 heteroatoms. The Labute approximate surface area is 300 Å². The first-order chi connectivity index (χ1) is 24.1. The maximum Gasteiger partial charge on any atom is 0.306 e. The largest absolute Gasteiger partial charge is 0.481 e. The molecular formula is C38H58O13. The predicted molar refractivity (Wildman–Crippen MR) is 176 cm³/mol. The molecule has 2 spiro atoms. The summed E-state index contributed by atoms with van der Waals surface area (Å²) >= 11 is 0. The minimum Gasteiger partial charge on any atom is -0.481 e. The number of carbonyl (C=O) groups excluding carboxylic acids is 1. The van der Waals surface area contributed by atoms with E-state index in [0.29, 0.717) is 24.7 Å². The van der Waals surface area contributed by atoms with Crippen LogP contribution in [0.4, 0.5) is 0 Å². The van der Waals surface area contributed by atoms with E-state index in [1.54, 1.807) is 0 Å². The van der Waals surface area contributed by atoms with Crippen LogP contribution in [0.15, 0.2) is 0 Å². The van der Waals surface area contributed by atoms with Gasteiger partial charge in [-0.05, 0) is 87.9 Å². The third-order valence-electron chi connectivity index (χ3n) is 14.8. The second-order valence-corrected chi connectivity index (χ2v) is 18.1. The van der Waals surface area contributed by atoms with Crippen molar-refractivity contribution in [3.63, 3.8) is 0 Å². The second kappa shape index (κ2) is 12.8. The Kier molecular flexibility index (Phi) is 9.20. The van der Waals surface area contributed by atoms with Gasteiger partial charge in [-0.25, -0.2) is 19.6 Å². The number of esters is 1. The summed E-state index contributed by atoms with van der Waals surface area (Å²) in [5, 5.41) is 21.9. The molecule has 8 saturated heterocycles. The summed E-state index contributed by atoms with van der Waals surface area (Å²) in [6.45, 7) is 12.3. The van der Waals surface area contributed by atoms with Gasteiger partial charge in [-0.2, -0.15) is 0 Å². The zero-order chi connectivity index (χ0) is 36.1. The Hall–Kier alpha value is -1.42. The fraction of sp³-hybridized carbons (Fsp3) is 0.947. The Morgan fingerprint density at radius 3 is 1.61 bits per heavy atom. The number of carboxylic acids is 1. The first kappa shape index (κ1) is 36.6. The van der Waals surface area contributed by atoms with E-state index in [1.165, 1.54) is 0 Å². The van der Waals surface area contributed by atoms with Crippen LogP contribution in [0.2, 0.25) is 0 Å². The molecule has 0 aromatic heterocycles. The van der Waals surface area contributed by atoms with Crippen molar-refractivity contribution in [2.24, 2.45) is 47.3 Å². The van der Waals surface area contributed by atoms with Crippen molar-refractivity contribution in [2.45, 2.75) is 172 Å². The van der Waals surface area contributed by atoms with Crippen LogP contribution in [0.1, 0.15) is 119 Å². The summed E-state index contributed by atoms with van der Waals surface area (Å²) in [6.07, 6.45) is 4.52. The van der Waals surface area contributed by atoms with E-state index < -0.39 is 65.1 Å². The van der Waals surface area contributed by atoms with E-state index >= 15 is 0 Å². The highest BCUT2D eigenvalue weighted by Gasteiger charge is 2.71. The molecule has 16 atom stereocenters. The third-order valence-corrected chi connectivity index (χ3v) is 14.8. The van der Waals surface area contributed by atoms with Gasteiger partial charge in [-0.1, -0.05) is 27.7 Å². The molecular weight excluding hydrogens is 664 g/mol. The van der Waals surface area contributed by atoms with Gasteiger partial charge >= 0.3 is 11.9 Å². The number of aliphatic carboxylic acids is 1. The van der Waals surface area contributed by atoms with Crippen molar-refractivity contribution in [3.8, 4) is 0 Å². The Balaban J connectivity index is 1.08. The quantitative estimate of drug-likeness (QED) is 0.230. The molecule has 4 bridgehead atoms. The fourth-order valence-electron chi connectivity index (χ4n) is 11.9. The summed E-state index contributed by atoms with van der Waals surface area (Å²) in [6, 6.07) is 0. The molecule has 2 N–H and O–H groups in total. The molecule has 13 nitrogen and oxygen atoms in total. The normalized spacial score (nSPS) is 52.5. The first-order valence-corrected chi connectivity index (χ1v) is 19.6. The van der Waals surface area contributed by atoms with E-state index in [1.807, 2.05) is 13.8 Å². The molecule has 0 aromatic carbocycles. The molecule has 51 heavy (non-hydrogen) atoms. The van der Waals surface area contributed by atoms with Crippen molar-refractivity contribution in [3.05, 3.63) is 0 Å². The van der Waals surface area contributed by atoms with Gasteiger partial charge in [0, 0.05) is 37.5 Å². The van der Waals surface area contributed by atoms with E-state index in [0.717, 1.165) is 38.5 Å². The topological polar surface area (TPSA) is 158 Å². The molecule has 0 radical (unpaired) electrons. The van der Waals surface area contributed by atoms with Crippen LogP contribution >= 0.6 is 0 Å². The average Bonchev–Trinajstić information content (AvgIpc) is 3.45. The number of hydrogen-bond acceptors (Lipinski definition) is 12. The summed E-state index contributed by atoms with van der Waals surface area (Å²) < 4.78 is 32.6. The van der Waals surface area contributed by atoms with Crippen LogP contribution in [-0.2, 0) is 52.8 Å². The van der Waals surface area contributed by atoms with Crippen LogP contribution in [-0.4, -0.2) is 81.9 Å². The number of ether oxygens (including phenoxy) is 5. The molecule has 10 fully saturated rings. The highest BCUT2D eigenvalue weighted by molar-refractivity contribution is 5.76. The van der Waals surface area contributed by atoms with Gasteiger partial charge in [0.05, 0.1) is 25.0 Å². The molecule has 8 heterocycles. The Bertz CT molecular complexity index is 1280. The van der Waals surface area contributed by atoms with Gasteiger partial charge in [0.25, 0.3) is 0 Å². The maximum absolute atomic E-state index is 12.8. The van der Waals surface area contributed by atoms with E-state index in [-0.39, 0.29) is 67.8 Å². The molecule has 2 aliphatic carbocycles. The lowest BCUT2D eigenvalue weighted by Gasteiger charge is -2.61. The number of fused-ring (bicyclic) bond motifs is 4. The average molecular weight is 723 g/mol. The maximum atomic E-state index is 12.8. The number of hydrogen-bond donors (Lipinski definition) is 2. The van der Waals surface area contributed by atoms with E-state index in [4.69, 9.17) is 48.3 Å². The van der Waals surface area contributed by atoms with Crippen LogP contribution in [0, 0.1) is 47.3 Å². The zero-order valence-corrected chi connectivity index (χ0v) is 31.0. The standard InChI is InChI=1S/C38H58O13/c1-20-7-9-26-22(3)28(44-32-37(26)24(20)13-15-34(5,46-32)48-50-37)17-36(42,19-43-31(41)12-11-30(39)40)18-29-23(4)27-10-8-21(2)25-14-16-35(6)47-33(45-29)38(25,27)51-49-35/h20-29,32-33,42H,7-19H2,1-6H3,(H,39,40)/t20-,21-,22-,23-,24+,25+,26+,27+,28-,29-,32-,33-,34+,35+,37-,38-/m1/s1. The molecule has 8 aliphatic heterocycles. The molecule has 10 aliphatic rings. The lowest BCUT2D eigenvalue weighted by molar-refractivity contribution is -0.572. The lowest BCUT2D eigenvalue weighted by Crippen LogP contribution is -2.71. The van der Waals surface area contributed by atoms with Crippen LogP contribution in [0.3, 0.4) is 0 Å². The minimum atomic E-state index is -1.58. The smallest absolute Gasteiger partial charge is 0.306 e. The summed E-state index contributed by atoms with van der Waals surface area (Å²) in [5.41, 5.74) is -3.07. The van der Waals surface area contributed by atoms with Crippen LogP contribution < -0.4 is 0 Å². The third kappa shape index (κ3) is 5.91. The van der Waals surface area contributed by atoms with Crippen molar-refractivity contribution in [1.29, 1.82) is 0 Å². The lowest BCUT2D eigenvalue weighted by atomic mass is 9.56. The highest BCUT2D eigenvalue weighted by atomic mass is 17.3. The molecule has 10 rings (SSSR count). The van der Waals surface area contributed by atoms with Crippen molar-refractivity contribution < 1.29 is 63.0 Å². The number of rotatable bonds is 9. The summed E-state index contributed by atoms with van der Waals surface area (Å²) in [4.78, 5) is 48.7. The minimum absolute atomic E-state index is 0.0416. The van der Waals surface area contributed by atoms with Gasteiger partial charge in [-0.3, -0.25) is 9.59 Å². The Morgan fingerprint density at radius 2 is 1.16 bits per heavy atom. The molecule has 288 valence electrons. The summed E-state index contributed by atoms with van der Waals surface area (Å²) in [7, 11) is 0. The number of carbonyl (C=O) groups is 2. The molecule has 0 aromatic rings. The zero-order valence-electron chi connectivity index (χ0n) is 31.0. The number of aliphatic hydroxyl groups is 1. The molecule has 0 amide bonds. The Morgan fingerprint density at radius 1 is 0.686 bits per heavy atom. The van der Waals surface area contributed by atoms with Gasteiger partial charge in [0.1, 0.15) is 12.2 Å². The molecule has 2 saturated carbocycles. The van der Waals surface area contributed by atoms with E-state index in [9.17, 15) is 14.7 Å². The van der Waals surface area contributed by atoms with Gasteiger partial charge in [0.2, 0.25) is 11.6 Å². The number of carboxylic acid groups (broad SMARTS) is 1. The van der Waals surface area contributed by atoms with Gasteiger partial charge in [-0.15, -0.1) is 0 Å². The van der Waals surface area contributed by atoms with Crippen molar-refractivity contribution in [2.75, 3.05) is 6.61 Å². The van der Waals surface area contributed by atoms with E-state index in [2.05, 4.69) is 27.7 Å². The first-order valence-electron chi connectivity index (χ1n) is 19.6. The predicted octanol–water partition coefficient (Wildman–Crippen LogP) is 5.41. The molecule has 0 unspecified atom stereocenters. The van der Waals surface area contributed by atoms with Gasteiger partial charge in [0.15, 0.2) is 23.8 Å². The van der Waals surface area contributed by atoms with Gasteiger partial charge < -0.3 is 33.9 Å².